The second-order valence-corrected chi connectivity index (χ2v) is 5.72. The largest absolute Gasteiger partial charge is 0.326 e. The number of para-hydroxylation sites is 2. The van der Waals surface area contributed by atoms with E-state index in [0.717, 1.165) is 31.6 Å². The van der Waals surface area contributed by atoms with E-state index >= 15 is 0 Å². The molecule has 90 valence electrons. The van der Waals surface area contributed by atoms with Gasteiger partial charge in [-0.15, -0.1) is 0 Å². The van der Waals surface area contributed by atoms with E-state index in [1.165, 1.54) is 0 Å². The summed E-state index contributed by atoms with van der Waals surface area (Å²) in [5.41, 5.74) is 2.94. The molecule has 2 aromatic carbocycles. The molecule has 0 unspecified atom stereocenters. The van der Waals surface area contributed by atoms with Gasteiger partial charge in [0.05, 0.1) is 11.0 Å². The quantitative estimate of drug-likeness (QED) is 0.681. The van der Waals surface area contributed by atoms with Crippen molar-refractivity contribution in [2.75, 3.05) is 5.32 Å². The van der Waals surface area contributed by atoms with E-state index in [9.17, 15) is 0 Å². The number of H-pyrrole nitrogens is 1. The van der Waals surface area contributed by atoms with Gasteiger partial charge in [-0.25, -0.2) is 4.98 Å². The lowest BCUT2D eigenvalue weighted by Crippen LogP contribution is -1.92. The van der Waals surface area contributed by atoms with Gasteiger partial charge in [0.1, 0.15) is 0 Å². The van der Waals surface area contributed by atoms with Crippen molar-refractivity contribution in [1.82, 2.24) is 9.97 Å². The molecule has 0 radical (unpaired) electrons. The topological polar surface area (TPSA) is 40.7 Å². The Morgan fingerprint density at radius 3 is 2.44 bits per heavy atom. The molecule has 0 fully saturated rings. The molecule has 0 saturated carbocycles. The van der Waals surface area contributed by atoms with Crippen LogP contribution in [0.5, 0.6) is 0 Å². The van der Waals surface area contributed by atoms with Gasteiger partial charge in [-0.2, -0.15) is 0 Å². The van der Waals surface area contributed by atoms with E-state index in [4.69, 9.17) is 0 Å². The van der Waals surface area contributed by atoms with Crippen molar-refractivity contribution in [3.63, 3.8) is 0 Å². The van der Waals surface area contributed by atoms with Crippen LogP contribution in [0, 0.1) is 0 Å². The maximum Gasteiger partial charge on any atom is 0.205 e. The third-order valence-electron chi connectivity index (χ3n) is 2.51. The van der Waals surface area contributed by atoms with E-state index in [0.29, 0.717) is 0 Å². The first-order valence-electron chi connectivity index (χ1n) is 5.38. The Kier molecular flexibility index (Phi) is 3.09. The molecule has 0 aliphatic rings. The fourth-order valence-corrected chi connectivity index (χ4v) is 3.07. The molecule has 0 aliphatic carbocycles. The first kappa shape index (κ1) is 11.7. The number of hydrogen-bond donors (Lipinski definition) is 2. The van der Waals surface area contributed by atoms with Gasteiger partial charge >= 0.3 is 0 Å². The van der Waals surface area contributed by atoms with Crippen LogP contribution < -0.4 is 5.32 Å². The number of imidazole rings is 1. The Balaban J connectivity index is 1.96. The van der Waals surface area contributed by atoms with Crippen LogP contribution in [0.25, 0.3) is 11.0 Å². The Bertz CT molecular complexity index is 653. The monoisotopic (exact) mass is 365 g/mol. The van der Waals surface area contributed by atoms with Crippen molar-refractivity contribution in [2.24, 2.45) is 0 Å². The van der Waals surface area contributed by atoms with E-state index < -0.39 is 0 Å². The Labute approximate surface area is 121 Å². The number of halogens is 2. The molecule has 0 amide bonds. The minimum atomic E-state index is 0.737. The summed E-state index contributed by atoms with van der Waals surface area (Å²) in [6, 6.07) is 13.9. The molecular formula is C13H9Br2N3. The maximum absolute atomic E-state index is 4.47. The van der Waals surface area contributed by atoms with Gasteiger partial charge in [0.25, 0.3) is 0 Å². The van der Waals surface area contributed by atoms with E-state index in [1.807, 2.05) is 42.5 Å². The summed E-state index contributed by atoms with van der Waals surface area (Å²) in [5.74, 6) is 0.737. The fourth-order valence-electron chi connectivity index (χ4n) is 1.77. The van der Waals surface area contributed by atoms with Gasteiger partial charge in [0.15, 0.2) is 0 Å². The molecule has 3 nitrogen and oxygen atoms in total. The van der Waals surface area contributed by atoms with Gasteiger partial charge in [0.2, 0.25) is 5.95 Å². The first-order valence-corrected chi connectivity index (χ1v) is 6.97. The summed E-state index contributed by atoms with van der Waals surface area (Å²) in [7, 11) is 0. The zero-order valence-electron chi connectivity index (χ0n) is 9.24. The third kappa shape index (κ3) is 2.42. The predicted octanol–water partition coefficient (Wildman–Crippen LogP) is 4.83. The molecular weight excluding hydrogens is 358 g/mol. The van der Waals surface area contributed by atoms with Crippen LogP contribution in [0.1, 0.15) is 0 Å². The van der Waals surface area contributed by atoms with Crippen molar-refractivity contribution in [2.45, 2.75) is 0 Å². The maximum atomic E-state index is 4.47. The molecule has 5 heteroatoms. The standard InChI is InChI=1S/C13H9Br2N3/c14-8-5-9(15)7-10(6-8)16-13-17-11-3-1-2-4-12(11)18-13/h1-7H,(H2,16,17,18). The smallest absolute Gasteiger partial charge is 0.205 e. The third-order valence-corrected chi connectivity index (χ3v) is 3.43. The molecule has 0 aliphatic heterocycles. The van der Waals surface area contributed by atoms with Crippen molar-refractivity contribution in [3.05, 3.63) is 51.4 Å². The normalized spacial score (nSPS) is 10.8. The highest BCUT2D eigenvalue weighted by atomic mass is 79.9. The number of aromatic nitrogens is 2. The average molecular weight is 367 g/mol. The second kappa shape index (κ2) is 4.74. The summed E-state index contributed by atoms with van der Waals surface area (Å²) >= 11 is 6.92. The fraction of sp³-hybridized carbons (Fsp3) is 0. The number of aromatic amines is 1. The lowest BCUT2D eigenvalue weighted by Gasteiger charge is -2.04. The number of fused-ring (bicyclic) bond motifs is 1. The van der Waals surface area contributed by atoms with Gasteiger partial charge in [-0.05, 0) is 30.3 Å². The van der Waals surface area contributed by atoms with Gasteiger partial charge < -0.3 is 10.3 Å². The van der Waals surface area contributed by atoms with Crippen LogP contribution in [0.2, 0.25) is 0 Å². The lowest BCUT2D eigenvalue weighted by molar-refractivity contribution is 1.31. The molecule has 1 heterocycles. The van der Waals surface area contributed by atoms with Crippen molar-refractivity contribution >= 4 is 54.5 Å². The molecule has 0 saturated heterocycles. The Morgan fingerprint density at radius 2 is 1.72 bits per heavy atom. The van der Waals surface area contributed by atoms with Crippen molar-refractivity contribution < 1.29 is 0 Å². The molecule has 18 heavy (non-hydrogen) atoms. The SMILES string of the molecule is Brc1cc(Br)cc(Nc2nc3ccccc3[nH]2)c1. The van der Waals surface area contributed by atoms with Crippen LogP contribution >= 0.6 is 31.9 Å². The predicted molar refractivity (Wildman–Crippen MR) is 81.2 cm³/mol. The van der Waals surface area contributed by atoms with Crippen LogP contribution in [0.4, 0.5) is 11.6 Å². The molecule has 0 bridgehead atoms. The molecule has 3 rings (SSSR count). The summed E-state index contributed by atoms with van der Waals surface area (Å²) in [4.78, 5) is 7.70. The zero-order valence-corrected chi connectivity index (χ0v) is 12.4. The second-order valence-electron chi connectivity index (χ2n) is 3.89. The lowest BCUT2D eigenvalue weighted by atomic mass is 10.3. The van der Waals surface area contributed by atoms with Crippen molar-refractivity contribution in [1.29, 1.82) is 0 Å². The Hall–Kier alpha value is -1.33. The summed E-state index contributed by atoms with van der Waals surface area (Å²) in [5, 5.41) is 3.25. The number of rotatable bonds is 2. The number of nitrogens with zero attached hydrogens (tertiary/aromatic N) is 1. The van der Waals surface area contributed by atoms with Gasteiger partial charge in [-0.1, -0.05) is 44.0 Å². The minimum absolute atomic E-state index is 0.737. The van der Waals surface area contributed by atoms with Crippen LogP contribution in [0.15, 0.2) is 51.4 Å². The summed E-state index contributed by atoms with van der Waals surface area (Å²) < 4.78 is 2.02. The first-order chi connectivity index (χ1) is 8.70. The van der Waals surface area contributed by atoms with Crippen LogP contribution in [-0.2, 0) is 0 Å². The highest BCUT2D eigenvalue weighted by Crippen LogP contribution is 2.25. The number of benzene rings is 2. The number of hydrogen-bond acceptors (Lipinski definition) is 2. The number of nitrogens with one attached hydrogen (secondary N) is 2. The van der Waals surface area contributed by atoms with Gasteiger partial charge in [0, 0.05) is 14.6 Å². The Morgan fingerprint density at radius 1 is 1.00 bits per heavy atom. The molecule has 2 N–H and O–H groups in total. The summed E-state index contributed by atoms with van der Waals surface area (Å²) in [6.07, 6.45) is 0. The zero-order chi connectivity index (χ0) is 12.5. The highest BCUT2D eigenvalue weighted by molar-refractivity contribution is 9.11. The van der Waals surface area contributed by atoms with E-state index in [2.05, 4.69) is 47.1 Å². The van der Waals surface area contributed by atoms with E-state index in [-0.39, 0.29) is 0 Å². The molecule has 0 spiro atoms. The molecule has 1 aromatic heterocycles. The van der Waals surface area contributed by atoms with E-state index in [1.54, 1.807) is 0 Å². The molecule has 3 aromatic rings. The minimum Gasteiger partial charge on any atom is -0.326 e. The summed E-state index contributed by atoms with van der Waals surface area (Å²) in [6.45, 7) is 0. The van der Waals surface area contributed by atoms with Crippen LogP contribution in [-0.4, -0.2) is 9.97 Å². The average Bonchev–Trinajstić information content (AvgIpc) is 2.69. The number of anilines is 2. The molecule has 0 atom stereocenters. The van der Waals surface area contributed by atoms with Crippen LogP contribution in [0.3, 0.4) is 0 Å². The highest BCUT2D eigenvalue weighted by Gasteiger charge is 2.03. The van der Waals surface area contributed by atoms with Crippen molar-refractivity contribution in [3.8, 4) is 0 Å². The van der Waals surface area contributed by atoms with Gasteiger partial charge in [-0.3, -0.25) is 0 Å².